The number of nitrogens with one attached hydrogen (secondary N) is 1. The van der Waals surface area contributed by atoms with Crippen LogP contribution in [-0.4, -0.2) is 35.9 Å². The summed E-state index contributed by atoms with van der Waals surface area (Å²) in [4.78, 5) is 26.3. The highest BCUT2D eigenvalue weighted by Crippen LogP contribution is 2.15. The smallest absolute Gasteiger partial charge is 0.261 e. The Kier molecular flexibility index (Phi) is 7.34. The molecule has 2 aromatic carbocycles. The van der Waals surface area contributed by atoms with Gasteiger partial charge < -0.3 is 15.0 Å². The number of amides is 2. The number of halogens is 1. The predicted octanol–water partition coefficient (Wildman–Crippen LogP) is 3.07. The first kappa shape index (κ1) is 20.4. The summed E-state index contributed by atoms with van der Waals surface area (Å²) in [5.74, 6) is -0.533. The summed E-state index contributed by atoms with van der Waals surface area (Å²) in [6.45, 7) is 5.55. The van der Waals surface area contributed by atoms with Crippen LogP contribution in [0, 0.1) is 12.7 Å². The standard InChI is InChI=1S/C21H25FN2O3/c1-4-23-21(26)16(3)24(13-17-9-5-6-11-19(17)22)20(25)14-27-18-10-7-8-15(2)12-18/h5-12,16H,4,13-14H2,1-3H3,(H,23,26). The molecule has 144 valence electrons. The summed E-state index contributed by atoms with van der Waals surface area (Å²) in [7, 11) is 0. The van der Waals surface area contributed by atoms with Crippen molar-refractivity contribution in [3.8, 4) is 5.75 Å². The minimum Gasteiger partial charge on any atom is -0.484 e. The first-order valence-corrected chi connectivity index (χ1v) is 8.92. The minimum atomic E-state index is -0.752. The molecule has 6 heteroatoms. The molecule has 2 aromatic rings. The molecular weight excluding hydrogens is 347 g/mol. The second-order valence-electron chi connectivity index (χ2n) is 6.29. The molecule has 1 N–H and O–H groups in total. The van der Waals surface area contributed by atoms with Crippen molar-refractivity contribution in [2.24, 2.45) is 0 Å². The van der Waals surface area contributed by atoms with E-state index in [1.54, 1.807) is 38.1 Å². The number of hydrogen-bond acceptors (Lipinski definition) is 3. The van der Waals surface area contributed by atoms with Crippen molar-refractivity contribution in [1.29, 1.82) is 0 Å². The summed E-state index contributed by atoms with van der Waals surface area (Å²) in [5.41, 5.74) is 1.36. The van der Waals surface area contributed by atoms with Crippen LogP contribution in [0.1, 0.15) is 25.0 Å². The number of rotatable bonds is 8. The Labute approximate surface area is 159 Å². The Morgan fingerprint density at radius 2 is 1.93 bits per heavy atom. The molecule has 0 aliphatic heterocycles. The molecule has 27 heavy (non-hydrogen) atoms. The summed E-state index contributed by atoms with van der Waals surface area (Å²) >= 11 is 0. The Morgan fingerprint density at radius 3 is 2.59 bits per heavy atom. The summed E-state index contributed by atoms with van der Waals surface area (Å²) in [6, 6.07) is 12.8. The summed E-state index contributed by atoms with van der Waals surface area (Å²) in [5, 5.41) is 2.69. The van der Waals surface area contributed by atoms with Crippen LogP contribution in [0.5, 0.6) is 5.75 Å². The molecule has 1 atom stereocenters. The van der Waals surface area contributed by atoms with Gasteiger partial charge in [0, 0.05) is 18.7 Å². The largest absolute Gasteiger partial charge is 0.484 e. The normalized spacial score (nSPS) is 11.6. The Bertz CT molecular complexity index is 795. The summed E-state index contributed by atoms with van der Waals surface area (Å²) < 4.78 is 19.6. The van der Waals surface area contributed by atoms with Gasteiger partial charge in [-0.3, -0.25) is 9.59 Å². The van der Waals surface area contributed by atoms with Gasteiger partial charge in [-0.15, -0.1) is 0 Å². The van der Waals surface area contributed by atoms with Gasteiger partial charge in [-0.2, -0.15) is 0 Å². The molecule has 0 bridgehead atoms. The van der Waals surface area contributed by atoms with E-state index in [0.717, 1.165) is 5.56 Å². The molecule has 2 amide bonds. The molecule has 0 spiro atoms. The SMILES string of the molecule is CCNC(=O)C(C)N(Cc1ccccc1F)C(=O)COc1cccc(C)c1. The van der Waals surface area contributed by atoms with Gasteiger partial charge in [-0.25, -0.2) is 4.39 Å². The van der Waals surface area contributed by atoms with Gasteiger partial charge >= 0.3 is 0 Å². The van der Waals surface area contributed by atoms with Crippen LogP contribution >= 0.6 is 0 Å². The van der Waals surface area contributed by atoms with E-state index in [0.29, 0.717) is 17.9 Å². The minimum absolute atomic E-state index is 0.0129. The van der Waals surface area contributed by atoms with Crippen molar-refractivity contribution in [3.05, 3.63) is 65.5 Å². The van der Waals surface area contributed by atoms with Gasteiger partial charge in [0.2, 0.25) is 5.91 Å². The van der Waals surface area contributed by atoms with Crippen LogP contribution in [0.25, 0.3) is 0 Å². The molecule has 0 saturated heterocycles. The van der Waals surface area contributed by atoms with Crippen molar-refractivity contribution in [2.45, 2.75) is 33.4 Å². The zero-order valence-electron chi connectivity index (χ0n) is 15.9. The lowest BCUT2D eigenvalue weighted by molar-refractivity contribution is -0.142. The van der Waals surface area contributed by atoms with Crippen molar-refractivity contribution in [3.63, 3.8) is 0 Å². The van der Waals surface area contributed by atoms with Crippen molar-refractivity contribution < 1.29 is 18.7 Å². The first-order valence-electron chi connectivity index (χ1n) is 8.92. The Morgan fingerprint density at radius 1 is 1.19 bits per heavy atom. The van der Waals surface area contributed by atoms with E-state index in [1.165, 1.54) is 11.0 Å². The molecule has 2 rings (SSSR count). The fraction of sp³-hybridized carbons (Fsp3) is 0.333. The van der Waals surface area contributed by atoms with Gasteiger partial charge in [-0.05, 0) is 44.5 Å². The van der Waals surface area contributed by atoms with Gasteiger partial charge in [0.05, 0.1) is 0 Å². The topological polar surface area (TPSA) is 58.6 Å². The molecule has 5 nitrogen and oxygen atoms in total. The number of carbonyl (C=O) groups excluding carboxylic acids is 2. The highest BCUT2D eigenvalue weighted by atomic mass is 19.1. The molecule has 0 radical (unpaired) electrons. The highest BCUT2D eigenvalue weighted by molar-refractivity contribution is 5.87. The van der Waals surface area contributed by atoms with E-state index in [9.17, 15) is 14.0 Å². The van der Waals surface area contributed by atoms with E-state index in [2.05, 4.69) is 5.32 Å². The maximum Gasteiger partial charge on any atom is 0.261 e. The molecule has 0 aliphatic rings. The zero-order valence-corrected chi connectivity index (χ0v) is 15.9. The molecule has 0 aliphatic carbocycles. The van der Waals surface area contributed by atoms with Crippen LogP contribution < -0.4 is 10.1 Å². The van der Waals surface area contributed by atoms with Crippen molar-refractivity contribution in [2.75, 3.05) is 13.2 Å². The van der Waals surface area contributed by atoms with Crippen LogP contribution in [0.2, 0.25) is 0 Å². The lowest BCUT2D eigenvalue weighted by Crippen LogP contribution is -2.49. The number of carbonyl (C=O) groups is 2. The number of hydrogen-bond donors (Lipinski definition) is 1. The van der Waals surface area contributed by atoms with Crippen LogP contribution in [-0.2, 0) is 16.1 Å². The van der Waals surface area contributed by atoms with Gasteiger partial charge in [-0.1, -0.05) is 30.3 Å². The average Bonchev–Trinajstić information content (AvgIpc) is 2.65. The second-order valence-corrected chi connectivity index (χ2v) is 6.29. The third-order valence-corrected chi connectivity index (χ3v) is 4.17. The fourth-order valence-corrected chi connectivity index (χ4v) is 2.65. The third kappa shape index (κ3) is 5.81. The van der Waals surface area contributed by atoms with Crippen molar-refractivity contribution in [1.82, 2.24) is 10.2 Å². The van der Waals surface area contributed by atoms with E-state index in [4.69, 9.17) is 4.74 Å². The fourth-order valence-electron chi connectivity index (χ4n) is 2.65. The predicted molar refractivity (Wildman–Crippen MR) is 102 cm³/mol. The quantitative estimate of drug-likeness (QED) is 0.775. The maximum atomic E-state index is 14.1. The summed E-state index contributed by atoms with van der Waals surface area (Å²) in [6.07, 6.45) is 0. The van der Waals surface area contributed by atoms with E-state index in [1.807, 2.05) is 25.1 Å². The van der Waals surface area contributed by atoms with Crippen LogP contribution in [0.15, 0.2) is 48.5 Å². The van der Waals surface area contributed by atoms with Crippen molar-refractivity contribution >= 4 is 11.8 Å². The number of aryl methyl sites for hydroxylation is 1. The number of nitrogens with zero attached hydrogens (tertiary/aromatic N) is 1. The lowest BCUT2D eigenvalue weighted by atomic mass is 10.1. The van der Waals surface area contributed by atoms with Crippen LogP contribution in [0.4, 0.5) is 4.39 Å². The highest BCUT2D eigenvalue weighted by Gasteiger charge is 2.26. The first-order chi connectivity index (χ1) is 12.9. The monoisotopic (exact) mass is 372 g/mol. The molecular formula is C21H25FN2O3. The van der Waals surface area contributed by atoms with Gasteiger partial charge in [0.1, 0.15) is 17.6 Å². The molecule has 0 aromatic heterocycles. The molecule has 0 heterocycles. The Hall–Kier alpha value is -2.89. The van der Waals surface area contributed by atoms with E-state index >= 15 is 0 Å². The molecule has 0 saturated carbocycles. The average molecular weight is 372 g/mol. The number of likely N-dealkylation sites (N-methyl/N-ethyl adjacent to an activating group) is 1. The lowest BCUT2D eigenvalue weighted by Gasteiger charge is -2.28. The van der Waals surface area contributed by atoms with E-state index in [-0.39, 0.29) is 19.1 Å². The van der Waals surface area contributed by atoms with Gasteiger partial charge in [0.25, 0.3) is 5.91 Å². The zero-order chi connectivity index (χ0) is 19.8. The molecule has 1 unspecified atom stereocenters. The van der Waals surface area contributed by atoms with E-state index < -0.39 is 17.8 Å². The number of ether oxygens (including phenoxy) is 1. The number of benzene rings is 2. The third-order valence-electron chi connectivity index (χ3n) is 4.17. The Balaban J connectivity index is 2.15. The van der Waals surface area contributed by atoms with Gasteiger partial charge in [0.15, 0.2) is 6.61 Å². The van der Waals surface area contributed by atoms with Crippen LogP contribution in [0.3, 0.4) is 0 Å². The second kappa shape index (κ2) is 9.71. The maximum absolute atomic E-state index is 14.1. The molecule has 0 fully saturated rings.